The van der Waals surface area contributed by atoms with E-state index in [4.69, 9.17) is 19.3 Å². The number of rotatable bonds is 1. The summed E-state index contributed by atoms with van der Waals surface area (Å²) < 4.78 is 16.0. The van der Waals surface area contributed by atoms with E-state index >= 15 is 0 Å². The van der Waals surface area contributed by atoms with Crippen LogP contribution in [0.2, 0.25) is 0 Å². The molecular formula is C8H14O5. The van der Waals surface area contributed by atoms with E-state index in [2.05, 4.69) is 0 Å². The first-order valence-corrected chi connectivity index (χ1v) is 4.33. The van der Waals surface area contributed by atoms with E-state index in [-0.39, 0.29) is 6.61 Å². The fourth-order valence-electron chi connectivity index (χ4n) is 1.71. The average molecular weight is 190 g/mol. The van der Waals surface area contributed by atoms with E-state index in [1.807, 2.05) is 0 Å². The minimum atomic E-state index is -0.809. The lowest BCUT2D eigenvalue weighted by molar-refractivity contribution is -0.218. The van der Waals surface area contributed by atoms with E-state index < -0.39 is 30.4 Å². The number of hydrogen-bond acceptors (Lipinski definition) is 5. The zero-order valence-corrected chi connectivity index (χ0v) is 7.64. The van der Waals surface area contributed by atoms with Gasteiger partial charge in [-0.1, -0.05) is 0 Å². The number of fused-ring (bicyclic) bond motifs is 1. The molecule has 0 bridgehead atoms. The Labute approximate surface area is 76.2 Å². The zero-order valence-electron chi connectivity index (χ0n) is 7.64. The highest BCUT2D eigenvalue weighted by molar-refractivity contribution is 4.92. The highest BCUT2D eigenvalue weighted by Crippen LogP contribution is 2.36. The quantitative estimate of drug-likeness (QED) is 0.567. The predicted octanol–water partition coefficient (Wildman–Crippen LogP) is -0.784. The lowest BCUT2D eigenvalue weighted by Crippen LogP contribution is -2.36. The van der Waals surface area contributed by atoms with E-state index in [1.165, 1.54) is 0 Å². The fourth-order valence-corrected chi connectivity index (χ4v) is 1.71. The number of aliphatic hydroxyl groups is 2. The summed E-state index contributed by atoms with van der Waals surface area (Å²) in [6, 6.07) is 0. The fraction of sp³-hybridized carbons (Fsp3) is 1.00. The van der Waals surface area contributed by atoms with Crippen molar-refractivity contribution in [3.05, 3.63) is 0 Å². The summed E-state index contributed by atoms with van der Waals surface area (Å²) in [6.07, 6.45) is -2.43. The Hall–Kier alpha value is -0.200. The summed E-state index contributed by atoms with van der Waals surface area (Å²) >= 11 is 0. The van der Waals surface area contributed by atoms with Crippen molar-refractivity contribution in [2.24, 2.45) is 0 Å². The van der Waals surface area contributed by atoms with Crippen molar-refractivity contribution in [1.29, 1.82) is 0 Å². The summed E-state index contributed by atoms with van der Waals surface area (Å²) in [6.45, 7) is 3.30. The Bertz CT molecular complexity index is 205. The Balaban J connectivity index is 2.07. The minimum absolute atomic E-state index is 0.221. The highest BCUT2D eigenvalue weighted by Gasteiger charge is 2.53. The molecule has 2 aliphatic rings. The van der Waals surface area contributed by atoms with Gasteiger partial charge in [-0.15, -0.1) is 0 Å². The van der Waals surface area contributed by atoms with Gasteiger partial charge in [-0.3, -0.25) is 0 Å². The van der Waals surface area contributed by atoms with Gasteiger partial charge in [-0.05, 0) is 13.8 Å². The second-order valence-electron chi connectivity index (χ2n) is 3.82. The number of ether oxygens (including phenoxy) is 3. The Morgan fingerprint density at radius 3 is 2.54 bits per heavy atom. The molecule has 2 N–H and O–H groups in total. The van der Waals surface area contributed by atoms with Crippen LogP contribution in [0.25, 0.3) is 0 Å². The maximum atomic E-state index is 9.60. The lowest BCUT2D eigenvalue weighted by atomic mass is 10.1. The standard InChI is InChI=1S/C8H14O5/c1-8(2)12-6-5(10)4(3-9)11-7(6)13-8/h4-7,9-10H,3H2,1-2H3/t4-,5-,6+,7+/m0/s1. The molecular weight excluding hydrogens is 176 g/mol. The number of hydrogen-bond donors (Lipinski definition) is 2. The summed E-state index contributed by atoms with van der Waals surface area (Å²) in [5.41, 5.74) is 0. The van der Waals surface area contributed by atoms with Gasteiger partial charge in [0.05, 0.1) is 6.61 Å². The molecule has 5 heteroatoms. The first-order chi connectivity index (χ1) is 6.03. The molecule has 4 atom stereocenters. The van der Waals surface area contributed by atoms with Crippen molar-refractivity contribution >= 4 is 0 Å². The Morgan fingerprint density at radius 1 is 1.31 bits per heavy atom. The SMILES string of the molecule is CC1(C)O[C@H]2O[C@@H](CO)[C@H](O)[C@H]2O1. The van der Waals surface area contributed by atoms with Crippen LogP contribution in [0.3, 0.4) is 0 Å². The van der Waals surface area contributed by atoms with Crippen LogP contribution < -0.4 is 0 Å². The van der Waals surface area contributed by atoms with Crippen molar-refractivity contribution in [1.82, 2.24) is 0 Å². The lowest BCUT2D eigenvalue weighted by Gasteiger charge is -2.21. The molecule has 2 fully saturated rings. The van der Waals surface area contributed by atoms with Crippen LogP contribution in [-0.4, -0.2) is 47.2 Å². The maximum Gasteiger partial charge on any atom is 0.190 e. The van der Waals surface area contributed by atoms with E-state index in [0.717, 1.165) is 0 Å². The van der Waals surface area contributed by atoms with Crippen LogP contribution in [0, 0.1) is 0 Å². The third-order valence-electron chi connectivity index (χ3n) is 2.29. The van der Waals surface area contributed by atoms with Crippen molar-refractivity contribution < 1.29 is 24.4 Å². The molecule has 2 heterocycles. The first-order valence-electron chi connectivity index (χ1n) is 4.33. The third kappa shape index (κ3) is 1.47. The van der Waals surface area contributed by atoms with Gasteiger partial charge in [0.25, 0.3) is 0 Å². The van der Waals surface area contributed by atoms with Gasteiger partial charge in [0, 0.05) is 0 Å². The van der Waals surface area contributed by atoms with Crippen LogP contribution in [0.1, 0.15) is 13.8 Å². The van der Waals surface area contributed by atoms with Gasteiger partial charge in [-0.25, -0.2) is 0 Å². The van der Waals surface area contributed by atoms with Crippen LogP contribution in [0.4, 0.5) is 0 Å². The van der Waals surface area contributed by atoms with Crippen molar-refractivity contribution in [3.8, 4) is 0 Å². The van der Waals surface area contributed by atoms with Crippen LogP contribution in [0.5, 0.6) is 0 Å². The number of aliphatic hydroxyl groups excluding tert-OH is 2. The molecule has 76 valence electrons. The van der Waals surface area contributed by atoms with E-state index in [1.54, 1.807) is 13.8 Å². The molecule has 0 saturated carbocycles. The molecule has 0 radical (unpaired) electrons. The van der Waals surface area contributed by atoms with Crippen molar-refractivity contribution in [3.63, 3.8) is 0 Å². The van der Waals surface area contributed by atoms with Crippen molar-refractivity contribution in [2.75, 3.05) is 6.61 Å². The molecule has 13 heavy (non-hydrogen) atoms. The van der Waals surface area contributed by atoms with Gasteiger partial charge in [0.15, 0.2) is 12.1 Å². The molecule has 2 saturated heterocycles. The van der Waals surface area contributed by atoms with Crippen LogP contribution in [0.15, 0.2) is 0 Å². The molecule has 0 aromatic rings. The van der Waals surface area contributed by atoms with E-state index in [9.17, 15) is 5.11 Å². The topological polar surface area (TPSA) is 68.2 Å². The van der Waals surface area contributed by atoms with Gasteiger partial charge in [0.1, 0.15) is 18.3 Å². The second-order valence-corrected chi connectivity index (χ2v) is 3.82. The molecule has 0 spiro atoms. The monoisotopic (exact) mass is 190 g/mol. The van der Waals surface area contributed by atoms with Gasteiger partial charge >= 0.3 is 0 Å². The average Bonchev–Trinajstić information content (AvgIpc) is 2.47. The molecule has 0 unspecified atom stereocenters. The third-order valence-corrected chi connectivity index (χ3v) is 2.29. The highest BCUT2D eigenvalue weighted by atomic mass is 16.8. The zero-order chi connectivity index (χ0) is 9.64. The van der Waals surface area contributed by atoms with E-state index in [0.29, 0.717) is 0 Å². The summed E-state index contributed by atoms with van der Waals surface area (Å²) in [7, 11) is 0. The largest absolute Gasteiger partial charge is 0.394 e. The minimum Gasteiger partial charge on any atom is -0.394 e. The molecule has 0 aliphatic carbocycles. The first kappa shape index (κ1) is 9.36. The van der Waals surface area contributed by atoms with Gasteiger partial charge in [0.2, 0.25) is 0 Å². The molecule has 5 nitrogen and oxygen atoms in total. The second kappa shape index (κ2) is 2.90. The van der Waals surface area contributed by atoms with Gasteiger partial charge < -0.3 is 24.4 Å². The molecule has 2 aliphatic heterocycles. The smallest absolute Gasteiger partial charge is 0.190 e. The van der Waals surface area contributed by atoms with Crippen LogP contribution >= 0.6 is 0 Å². The van der Waals surface area contributed by atoms with Crippen molar-refractivity contribution in [2.45, 2.75) is 44.2 Å². The maximum absolute atomic E-state index is 9.60. The molecule has 0 amide bonds. The van der Waals surface area contributed by atoms with Crippen LogP contribution in [-0.2, 0) is 14.2 Å². The summed E-state index contributed by atoms with van der Waals surface area (Å²) in [5.74, 6) is -0.712. The molecule has 0 aromatic carbocycles. The Morgan fingerprint density at radius 2 is 2.00 bits per heavy atom. The summed E-state index contributed by atoms with van der Waals surface area (Å²) in [5, 5.41) is 18.4. The molecule has 2 rings (SSSR count). The van der Waals surface area contributed by atoms with Gasteiger partial charge in [-0.2, -0.15) is 0 Å². The normalized spacial score (nSPS) is 48.0. The summed E-state index contributed by atoms with van der Waals surface area (Å²) in [4.78, 5) is 0. The predicted molar refractivity (Wildman–Crippen MR) is 41.8 cm³/mol. The molecule has 0 aromatic heterocycles. The Kier molecular flexibility index (Phi) is 2.08.